The summed E-state index contributed by atoms with van der Waals surface area (Å²) < 4.78 is 14.8. The topological polar surface area (TPSA) is 118 Å². The van der Waals surface area contributed by atoms with Crippen LogP contribution in [-0.2, 0) is 16.3 Å². The first-order chi connectivity index (χ1) is 20.2. The summed E-state index contributed by atoms with van der Waals surface area (Å²) in [6, 6.07) is 16.2. The Balaban J connectivity index is 1.47. The number of carbonyl (C=O) groups excluding carboxylic acids is 1. The molecule has 1 aliphatic rings. The average Bonchev–Trinajstić information content (AvgIpc) is 3.66. The molecule has 2 aromatic carbocycles. The molecule has 2 N–H and O–H groups in total. The van der Waals surface area contributed by atoms with E-state index in [1.165, 1.54) is 0 Å². The second-order valence-corrected chi connectivity index (χ2v) is 17.7. The fourth-order valence-corrected chi connectivity index (χ4v) is 6.30. The van der Waals surface area contributed by atoms with Crippen LogP contribution in [0.1, 0.15) is 31.4 Å². The lowest BCUT2D eigenvalue weighted by molar-refractivity contribution is -0.129. The first kappa shape index (κ1) is 27.9. The van der Waals surface area contributed by atoms with E-state index in [0.717, 1.165) is 41.2 Å². The number of imidazole rings is 2. The van der Waals surface area contributed by atoms with E-state index < -0.39 is 8.07 Å². The molecule has 1 unspecified atom stereocenters. The third kappa shape index (κ3) is 5.75. The molecule has 0 saturated carbocycles. The number of rotatable bonds is 9. The number of likely N-dealkylation sites (tertiary alicyclic amines) is 1. The molecule has 10 nitrogen and oxygen atoms in total. The van der Waals surface area contributed by atoms with E-state index in [9.17, 15) is 9.59 Å². The second kappa shape index (κ2) is 11.2. The highest BCUT2D eigenvalue weighted by atomic mass is 28.3. The molecule has 1 atom stereocenters. The molecule has 5 aromatic rings. The van der Waals surface area contributed by atoms with Crippen LogP contribution in [0.25, 0.3) is 33.6 Å². The zero-order valence-electron chi connectivity index (χ0n) is 24.4. The normalized spacial score (nSPS) is 15.6. The highest BCUT2D eigenvalue weighted by Gasteiger charge is 2.31. The van der Waals surface area contributed by atoms with Crippen molar-refractivity contribution in [3.63, 3.8) is 0 Å². The molecule has 1 fully saturated rings. The molecule has 3 aromatic heterocycles. The number of ether oxygens (including phenoxy) is 2. The fraction of sp³-hybridized carbons (Fsp3) is 0.355. The molecule has 218 valence electrons. The molecule has 0 radical (unpaired) electrons. The summed E-state index contributed by atoms with van der Waals surface area (Å²) in [5.41, 5.74) is 4.39. The van der Waals surface area contributed by atoms with Gasteiger partial charge in [-0.2, -0.15) is 0 Å². The molecule has 1 aliphatic heterocycles. The number of hydrogen-bond acceptors (Lipinski definition) is 6. The predicted octanol–water partition coefficient (Wildman–Crippen LogP) is 6.06. The number of nitrogens with one attached hydrogen (secondary N) is 2. The van der Waals surface area contributed by atoms with E-state index in [0.29, 0.717) is 48.2 Å². The second-order valence-electron chi connectivity index (χ2n) is 12.1. The number of benzene rings is 2. The maximum Gasteiger partial charge on any atom is 0.323 e. The minimum Gasteiger partial charge on any atom is -0.457 e. The monoisotopic (exact) mass is 584 g/mol. The number of H-pyrrole nitrogens is 2. The molecule has 42 heavy (non-hydrogen) atoms. The Bertz CT molecular complexity index is 1800. The number of fused-ring (bicyclic) bond motifs is 2. The number of carbonyl (C=O) groups is 1. The third-order valence-electron chi connectivity index (χ3n) is 7.72. The van der Waals surface area contributed by atoms with Crippen LogP contribution in [0.5, 0.6) is 11.5 Å². The minimum absolute atomic E-state index is 0.0345. The molecular weight excluding hydrogens is 548 g/mol. The van der Waals surface area contributed by atoms with E-state index in [2.05, 4.69) is 45.2 Å². The Morgan fingerprint density at radius 3 is 2.69 bits per heavy atom. The van der Waals surface area contributed by atoms with Gasteiger partial charge in [0, 0.05) is 52.0 Å². The van der Waals surface area contributed by atoms with E-state index in [1.807, 2.05) is 41.3 Å². The number of amides is 1. The van der Waals surface area contributed by atoms with Gasteiger partial charge in [-0.1, -0.05) is 25.7 Å². The Kier molecular flexibility index (Phi) is 7.46. The van der Waals surface area contributed by atoms with Gasteiger partial charge in [-0.25, -0.2) is 9.78 Å². The van der Waals surface area contributed by atoms with E-state index in [-0.39, 0.29) is 17.6 Å². The number of aromatic nitrogens is 5. The molecule has 11 heteroatoms. The highest BCUT2D eigenvalue weighted by Crippen LogP contribution is 2.42. The van der Waals surface area contributed by atoms with Crippen LogP contribution >= 0.6 is 0 Å². The number of pyridine rings is 1. The fourth-order valence-electron chi connectivity index (χ4n) is 5.54. The van der Waals surface area contributed by atoms with Crippen molar-refractivity contribution in [2.24, 2.45) is 0 Å². The first-order valence-electron chi connectivity index (χ1n) is 14.4. The van der Waals surface area contributed by atoms with Gasteiger partial charge in [0.05, 0.1) is 28.1 Å². The summed E-state index contributed by atoms with van der Waals surface area (Å²) in [6.07, 6.45) is 3.51. The smallest absolute Gasteiger partial charge is 0.323 e. The van der Waals surface area contributed by atoms with Crippen LogP contribution in [-0.4, -0.2) is 56.5 Å². The highest BCUT2D eigenvalue weighted by molar-refractivity contribution is 6.76. The molecule has 1 amide bonds. The van der Waals surface area contributed by atoms with Gasteiger partial charge in [0.15, 0.2) is 5.82 Å². The Morgan fingerprint density at radius 1 is 1.10 bits per heavy atom. The maximum atomic E-state index is 12.6. The summed E-state index contributed by atoms with van der Waals surface area (Å²) in [6.45, 7) is 10.3. The minimum atomic E-state index is -1.25. The largest absolute Gasteiger partial charge is 0.457 e. The zero-order valence-corrected chi connectivity index (χ0v) is 25.4. The Morgan fingerprint density at radius 2 is 1.93 bits per heavy atom. The number of hydrogen-bond donors (Lipinski definition) is 2. The van der Waals surface area contributed by atoms with Crippen molar-refractivity contribution in [1.82, 2.24) is 29.4 Å². The summed E-state index contributed by atoms with van der Waals surface area (Å²) >= 11 is 0. The molecular formula is C31H36N6O4Si. The van der Waals surface area contributed by atoms with Crippen LogP contribution < -0.4 is 10.4 Å². The van der Waals surface area contributed by atoms with E-state index in [4.69, 9.17) is 14.5 Å². The Hall–Kier alpha value is -4.22. The summed E-state index contributed by atoms with van der Waals surface area (Å²) in [7, 11) is -1.25. The van der Waals surface area contributed by atoms with Crippen molar-refractivity contribution in [3.05, 3.63) is 70.8 Å². The van der Waals surface area contributed by atoms with Crippen molar-refractivity contribution >= 4 is 36.0 Å². The van der Waals surface area contributed by atoms with Gasteiger partial charge in [-0.05, 0) is 49.2 Å². The average molecular weight is 585 g/mol. The van der Waals surface area contributed by atoms with Gasteiger partial charge in [-0.15, -0.1) is 0 Å². The lowest BCUT2D eigenvalue weighted by Crippen LogP contribution is -2.28. The van der Waals surface area contributed by atoms with Gasteiger partial charge in [0.25, 0.3) is 0 Å². The molecule has 6 rings (SSSR count). The van der Waals surface area contributed by atoms with Crippen molar-refractivity contribution < 1.29 is 14.3 Å². The van der Waals surface area contributed by atoms with E-state index in [1.54, 1.807) is 19.2 Å². The lowest BCUT2D eigenvalue weighted by atomic mass is 10.0. The summed E-state index contributed by atoms with van der Waals surface area (Å²) in [4.78, 5) is 41.5. The zero-order chi connectivity index (χ0) is 29.4. The van der Waals surface area contributed by atoms with Crippen LogP contribution in [0.15, 0.2) is 59.5 Å². The lowest BCUT2D eigenvalue weighted by Gasteiger charge is -2.26. The van der Waals surface area contributed by atoms with Crippen LogP contribution in [0.4, 0.5) is 0 Å². The van der Waals surface area contributed by atoms with Gasteiger partial charge >= 0.3 is 5.69 Å². The molecule has 0 spiro atoms. The molecule has 4 heterocycles. The summed E-state index contributed by atoms with van der Waals surface area (Å²) in [5.74, 6) is 1.94. The maximum absolute atomic E-state index is 12.6. The number of aromatic amines is 2. The Labute approximate surface area is 244 Å². The van der Waals surface area contributed by atoms with Crippen LogP contribution in [0.3, 0.4) is 0 Å². The van der Waals surface area contributed by atoms with Crippen molar-refractivity contribution in [2.75, 3.05) is 13.2 Å². The molecule has 0 aliphatic carbocycles. The van der Waals surface area contributed by atoms with E-state index >= 15 is 0 Å². The van der Waals surface area contributed by atoms with Crippen LogP contribution in [0, 0.1) is 0 Å². The van der Waals surface area contributed by atoms with Crippen molar-refractivity contribution in [2.45, 2.75) is 58.2 Å². The predicted molar refractivity (Wildman–Crippen MR) is 165 cm³/mol. The molecule has 0 bridgehead atoms. The van der Waals surface area contributed by atoms with Crippen molar-refractivity contribution in [1.29, 1.82) is 0 Å². The summed E-state index contributed by atoms with van der Waals surface area (Å²) in [5, 5.41) is 0. The van der Waals surface area contributed by atoms with Gasteiger partial charge in [0.2, 0.25) is 5.91 Å². The van der Waals surface area contributed by atoms with Gasteiger partial charge in [-0.3, -0.25) is 14.3 Å². The van der Waals surface area contributed by atoms with Crippen LogP contribution in [0.2, 0.25) is 25.7 Å². The molecule has 1 saturated heterocycles. The quantitative estimate of drug-likeness (QED) is 0.161. The third-order valence-corrected chi connectivity index (χ3v) is 9.43. The number of nitrogens with zero attached hydrogens (tertiary/aromatic N) is 4. The van der Waals surface area contributed by atoms with Gasteiger partial charge in [0.1, 0.15) is 23.9 Å². The standard InChI is InChI=1S/C31H36N6O4Si/c1-20(38)36-13-7-9-27(36)22-17-28-26(18-29(22)41-21-10-11-23-25(16-21)35-31(39)34-23)33-30(24-8-5-6-12-32-24)37(28)19-40-14-15-42(2,3)4/h5-6,8,10-12,16-18,27H,7,9,13-15,19H2,1-4H3,(H2,34,35,39). The van der Waals surface area contributed by atoms with Crippen molar-refractivity contribution in [3.8, 4) is 23.0 Å². The SMILES string of the molecule is CC(=O)N1CCCC1c1cc2c(cc1Oc1ccc3[nH]c(=O)[nH]c3c1)nc(-c1ccccn1)n2COCC[Si](C)(C)C. The first-order valence-corrected chi connectivity index (χ1v) is 18.1. The van der Waals surface area contributed by atoms with Gasteiger partial charge < -0.3 is 24.3 Å².